The van der Waals surface area contributed by atoms with E-state index in [1.807, 2.05) is 6.07 Å². The van der Waals surface area contributed by atoms with E-state index < -0.39 is 0 Å². The van der Waals surface area contributed by atoms with Gasteiger partial charge in [-0.25, -0.2) is 0 Å². The van der Waals surface area contributed by atoms with Crippen LogP contribution in [-0.4, -0.2) is 28.2 Å². The first-order valence-electron chi connectivity index (χ1n) is 8.02. The molecule has 0 aromatic carbocycles. The van der Waals surface area contributed by atoms with Crippen molar-refractivity contribution in [1.29, 1.82) is 0 Å². The molecule has 0 radical (unpaired) electrons. The number of H-pyrrole nitrogens is 1. The van der Waals surface area contributed by atoms with Gasteiger partial charge >= 0.3 is 0 Å². The minimum absolute atomic E-state index is 0.0181. The van der Waals surface area contributed by atoms with Crippen molar-refractivity contribution in [1.82, 2.24) is 15.5 Å². The molecule has 2 aliphatic rings. The van der Waals surface area contributed by atoms with Gasteiger partial charge in [0.15, 0.2) is 5.82 Å². The maximum atomic E-state index is 12.2. The Hall–Kier alpha value is -1.36. The average Bonchev–Trinajstić information content (AvgIpc) is 2.96. The minimum Gasteiger partial charge on any atom is -0.311 e. The largest absolute Gasteiger partial charge is 0.311 e. The number of fused-ring (bicyclic) bond motifs is 2. The number of aromatic nitrogens is 2. The number of carbonyl (C=O) groups excluding carboxylic acids is 1. The Labute approximate surface area is 126 Å². The Morgan fingerprint density at radius 2 is 2.00 bits per heavy atom. The standard InChI is InChI=1S/C16H26N4O/c1-16(2,3)13-9-14(20-19-13)18-15(21)8-10-6-11-4-5-12(7-10)17-11/h9-12,17H,4-8H2,1-3H3,(H2,18,19,20,21). The van der Waals surface area contributed by atoms with Gasteiger partial charge in [-0.1, -0.05) is 20.8 Å². The molecule has 2 fully saturated rings. The van der Waals surface area contributed by atoms with E-state index in [4.69, 9.17) is 0 Å². The molecule has 0 saturated carbocycles. The molecule has 3 heterocycles. The molecule has 3 N–H and O–H groups in total. The van der Waals surface area contributed by atoms with E-state index in [1.54, 1.807) is 0 Å². The molecule has 2 aliphatic heterocycles. The summed E-state index contributed by atoms with van der Waals surface area (Å²) >= 11 is 0. The van der Waals surface area contributed by atoms with Crippen molar-refractivity contribution in [3.8, 4) is 0 Å². The van der Waals surface area contributed by atoms with Crippen LogP contribution in [0.2, 0.25) is 0 Å². The van der Waals surface area contributed by atoms with Crippen molar-refractivity contribution in [3.05, 3.63) is 11.8 Å². The lowest BCUT2D eigenvalue weighted by Crippen LogP contribution is -2.39. The van der Waals surface area contributed by atoms with Crippen LogP contribution in [-0.2, 0) is 10.2 Å². The van der Waals surface area contributed by atoms with E-state index in [9.17, 15) is 4.79 Å². The Bertz CT molecular complexity index is 505. The molecule has 5 heteroatoms. The summed E-state index contributed by atoms with van der Waals surface area (Å²) < 4.78 is 0. The zero-order valence-corrected chi connectivity index (χ0v) is 13.2. The molecule has 21 heavy (non-hydrogen) atoms. The second-order valence-corrected chi connectivity index (χ2v) is 7.64. The third kappa shape index (κ3) is 3.46. The number of amides is 1. The van der Waals surface area contributed by atoms with Crippen LogP contribution in [0, 0.1) is 5.92 Å². The van der Waals surface area contributed by atoms with E-state index in [1.165, 1.54) is 12.8 Å². The molecule has 2 saturated heterocycles. The van der Waals surface area contributed by atoms with E-state index in [0.717, 1.165) is 18.5 Å². The van der Waals surface area contributed by atoms with Gasteiger partial charge in [-0.3, -0.25) is 9.89 Å². The highest BCUT2D eigenvalue weighted by Crippen LogP contribution is 2.32. The minimum atomic E-state index is 0.0181. The molecule has 2 atom stereocenters. The van der Waals surface area contributed by atoms with Crippen molar-refractivity contribution in [2.75, 3.05) is 5.32 Å². The van der Waals surface area contributed by atoms with Gasteiger partial charge < -0.3 is 10.6 Å². The summed E-state index contributed by atoms with van der Waals surface area (Å²) in [6.07, 6.45) is 5.44. The molecular formula is C16H26N4O. The fourth-order valence-corrected chi connectivity index (χ4v) is 3.57. The topological polar surface area (TPSA) is 69.8 Å². The molecule has 5 nitrogen and oxygen atoms in total. The maximum absolute atomic E-state index is 12.2. The van der Waals surface area contributed by atoms with E-state index in [2.05, 4.69) is 41.6 Å². The molecule has 2 unspecified atom stereocenters. The van der Waals surface area contributed by atoms with E-state index in [0.29, 0.717) is 30.2 Å². The molecule has 1 aromatic rings. The number of hydrogen-bond acceptors (Lipinski definition) is 3. The van der Waals surface area contributed by atoms with Crippen LogP contribution in [0.15, 0.2) is 6.07 Å². The Balaban J connectivity index is 1.53. The Kier molecular flexibility index (Phi) is 3.78. The third-order valence-corrected chi connectivity index (χ3v) is 4.70. The number of piperidine rings is 1. The molecule has 116 valence electrons. The van der Waals surface area contributed by atoms with Crippen molar-refractivity contribution in [2.45, 2.75) is 70.4 Å². The number of anilines is 1. The first-order chi connectivity index (χ1) is 9.90. The van der Waals surface area contributed by atoms with Gasteiger partial charge in [-0.2, -0.15) is 5.10 Å². The maximum Gasteiger partial charge on any atom is 0.225 e. The van der Waals surface area contributed by atoms with Gasteiger partial charge in [0, 0.05) is 35.7 Å². The zero-order chi connectivity index (χ0) is 15.0. The van der Waals surface area contributed by atoms with Gasteiger partial charge in [-0.15, -0.1) is 0 Å². The van der Waals surface area contributed by atoms with Crippen molar-refractivity contribution in [3.63, 3.8) is 0 Å². The van der Waals surface area contributed by atoms with Gasteiger partial charge in [0.1, 0.15) is 0 Å². The highest BCUT2D eigenvalue weighted by molar-refractivity contribution is 5.89. The molecule has 1 aromatic heterocycles. The second kappa shape index (κ2) is 5.44. The van der Waals surface area contributed by atoms with Gasteiger partial charge in [0.25, 0.3) is 0 Å². The number of hydrogen-bond donors (Lipinski definition) is 3. The number of rotatable bonds is 3. The summed E-state index contributed by atoms with van der Waals surface area (Å²) in [5.74, 6) is 1.25. The van der Waals surface area contributed by atoms with Crippen LogP contribution < -0.4 is 10.6 Å². The van der Waals surface area contributed by atoms with E-state index >= 15 is 0 Å². The smallest absolute Gasteiger partial charge is 0.225 e. The third-order valence-electron chi connectivity index (χ3n) is 4.70. The van der Waals surface area contributed by atoms with Gasteiger partial charge in [0.05, 0.1) is 0 Å². The second-order valence-electron chi connectivity index (χ2n) is 7.64. The van der Waals surface area contributed by atoms with Gasteiger partial charge in [0.2, 0.25) is 5.91 Å². The van der Waals surface area contributed by atoms with Crippen LogP contribution in [0.25, 0.3) is 0 Å². The lowest BCUT2D eigenvalue weighted by molar-refractivity contribution is -0.117. The van der Waals surface area contributed by atoms with E-state index in [-0.39, 0.29) is 11.3 Å². The fourth-order valence-electron chi connectivity index (χ4n) is 3.57. The van der Waals surface area contributed by atoms with Gasteiger partial charge in [-0.05, 0) is 31.6 Å². The number of nitrogens with one attached hydrogen (secondary N) is 3. The predicted molar refractivity (Wildman–Crippen MR) is 83.2 cm³/mol. The SMILES string of the molecule is CC(C)(C)c1cc(NC(=O)CC2CC3CCC(C2)N3)n[nH]1. The lowest BCUT2D eigenvalue weighted by atomic mass is 9.89. The number of nitrogens with zero attached hydrogens (tertiary/aromatic N) is 1. The summed E-state index contributed by atoms with van der Waals surface area (Å²) in [6.45, 7) is 6.37. The fraction of sp³-hybridized carbons (Fsp3) is 0.750. The molecule has 1 amide bonds. The highest BCUT2D eigenvalue weighted by Gasteiger charge is 2.34. The summed E-state index contributed by atoms with van der Waals surface area (Å²) in [5.41, 5.74) is 1.06. The summed E-state index contributed by atoms with van der Waals surface area (Å²) in [6, 6.07) is 3.21. The van der Waals surface area contributed by atoms with Crippen molar-refractivity contribution < 1.29 is 4.79 Å². The van der Waals surface area contributed by atoms with Crippen LogP contribution in [0.1, 0.15) is 58.6 Å². The molecule has 3 rings (SSSR count). The summed E-state index contributed by atoms with van der Waals surface area (Å²) in [5, 5.41) is 13.7. The van der Waals surface area contributed by atoms with Crippen LogP contribution >= 0.6 is 0 Å². The molecular weight excluding hydrogens is 264 g/mol. The number of carbonyl (C=O) groups is 1. The summed E-state index contributed by atoms with van der Waals surface area (Å²) in [4.78, 5) is 12.2. The highest BCUT2D eigenvalue weighted by atomic mass is 16.1. The van der Waals surface area contributed by atoms with Crippen molar-refractivity contribution >= 4 is 11.7 Å². The Morgan fingerprint density at radius 3 is 2.57 bits per heavy atom. The average molecular weight is 290 g/mol. The quantitative estimate of drug-likeness (QED) is 0.801. The van der Waals surface area contributed by atoms with Crippen molar-refractivity contribution in [2.24, 2.45) is 5.92 Å². The zero-order valence-electron chi connectivity index (χ0n) is 13.2. The predicted octanol–water partition coefficient (Wildman–Crippen LogP) is 2.57. The summed E-state index contributed by atoms with van der Waals surface area (Å²) in [7, 11) is 0. The first kappa shape index (κ1) is 14.6. The lowest BCUT2D eigenvalue weighted by Gasteiger charge is -2.28. The van der Waals surface area contributed by atoms with Crippen LogP contribution in [0.4, 0.5) is 5.82 Å². The normalized spacial score (nSPS) is 28.6. The number of aromatic amines is 1. The first-order valence-corrected chi connectivity index (χ1v) is 8.02. The Morgan fingerprint density at radius 1 is 1.33 bits per heavy atom. The van der Waals surface area contributed by atoms with Crippen LogP contribution in [0.5, 0.6) is 0 Å². The molecule has 0 spiro atoms. The molecule has 0 aliphatic carbocycles. The monoisotopic (exact) mass is 290 g/mol. The molecule has 2 bridgehead atoms. The van der Waals surface area contributed by atoms with Crippen LogP contribution in [0.3, 0.4) is 0 Å².